The first-order chi connectivity index (χ1) is 17.1. The normalized spacial score (nSPS) is 18.4. The minimum absolute atomic E-state index is 0.156. The van der Waals surface area contributed by atoms with Crippen molar-refractivity contribution in [2.75, 3.05) is 23.8 Å². The van der Waals surface area contributed by atoms with Crippen molar-refractivity contribution < 1.29 is 40.9 Å². The summed E-state index contributed by atoms with van der Waals surface area (Å²) in [7, 11) is -2.47. The van der Waals surface area contributed by atoms with Crippen molar-refractivity contribution in [1.82, 2.24) is 0 Å². The van der Waals surface area contributed by atoms with Gasteiger partial charge in [0.05, 0.1) is 16.4 Å². The van der Waals surface area contributed by atoms with E-state index in [1.54, 1.807) is 11.8 Å². The lowest BCUT2D eigenvalue weighted by atomic mass is 10.0. The number of rotatable bonds is 9. The molecule has 0 bridgehead atoms. The predicted octanol–water partition coefficient (Wildman–Crippen LogP) is 7.98. The number of hydrogen-bond acceptors (Lipinski definition) is 5. The Balaban J connectivity index is 2.06. The Bertz CT molecular complexity index is 1060. The highest BCUT2D eigenvalue weighted by Crippen LogP contribution is 2.49. The van der Waals surface area contributed by atoms with E-state index in [0.717, 1.165) is 13.0 Å². The third-order valence-electron chi connectivity index (χ3n) is 6.49. The van der Waals surface area contributed by atoms with Gasteiger partial charge in [0, 0.05) is 29.3 Å². The molecule has 3 rings (SSSR count). The molecule has 0 saturated heterocycles. The Labute approximate surface area is 217 Å². The van der Waals surface area contributed by atoms with Crippen molar-refractivity contribution in [3.63, 3.8) is 0 Å². The summed E-state index contributed by atoms with van der Waals surface area (Å²) >= 11 is 1.25. The van der Waals surface area contributed by atoms with Crippen LogP contribution in [0.2, 0.25) is 0 Å². The van der Waals surface area contributed by atoms with Crippen LogP contribution in [0.3, 0.4) is 0 Å². The van der Waals surface area contributed by atoms with Crippen molar-refractivity contribution in [2.45, 2.75) is 62.2 Å². The standard InChI is InChI=1S/C25H30F6NO3PS/c1-4-23(2,36(33)34)15-35-21-12-22-20(11-19(21)25(29,30)31)32(18-7-5-17(26)6-8-18)13-16(14-37-22)9-10-24(3,27)28/h5-8,11-12,16,33-34H,4,9-10,13-15H2,1-3H3/t16-,23-/m1/s1. The molecule has 0 aliphatic carbocycles. The van der Waals surface area contributed by atoms with E-state index in [-0.39, 0.29) is 44.0 Å². The van der Waals surface area contributed by atoms with Crippen LogP contribution in [0.5, 0.6) is 5.75 Å². The second kappa shape index (κ2) is 11.6. The van der Waals surface area contributed by atoms with Gasteiger partial charge in [0.1, 0.15) is 18.2 Å². The Morgan fingerprint density at radius 2 is 1.73 bits per heavy atom. The number of nitrogens with zero attached hydrogens (tertiary/aromatic N) is 1. The van der Waals surface area contributed by atoms with Crippen LogP contribution in [0.15, 0.2) is 41.3 Å². The largest absolute Gasteiger partial charge is 0.492 e. The zero-order valence-electron chi connectivity index (χ0n) is 20.7. The molecule has 2 N–H and O–H groups in total. The van der Waals surface area contributed by atoms with Gasteiger partial charge in [-0.3, -0.25) is 0 Å². The fraction of sp³-hybridized carbons (Fsp3) is 0.520. The smallest absolute Gasteiger partial charge is 0.420 e. The Morgan fingerprint density at radius 3 is 2.27 bits per heavy atom. The number of thioether (sulfide) groups is 1. The van der Waals surface area contributed by atoms with E-state index in [9.17, 15) is 36.1 Å². The molecule has 0 radical (unpaired) electrons. The molecule has 4 nitrogen and oxygen atoms in total. The van der Waals surface area contributed by atoms with E-state index in [1.807, 2.05) is 0 Å². The number of halogens is 6. The third kappa shape index (κ3) is 7.68. The summed E-state index contributed by atoms with van der Waals surface area (Å²) in [4.78, 5) is 21.6. The van der Waals surface area contributed by atoms with Gasteiger partial charge in [-0.1, -0.05) is 6.92 Å². The molecule has 2 aromatic carbocycles. The molecule has 0 saturated carbocycles. The van der Waals surface area contributed by atoms with Gasteiger partial charge in [0.2, 0.25) is 5.92 Å². The zero-order chi connectivity index (χ0) is 27.6. The minimum atomic E-state index is -4.79. The molecule has 1 heterocycles. The van der Waals surface area contributed by atoms with Gasteiger partial charge < -0.3 is 19.4 Å². The summed E-state index contributed by atoms with van der Waals surface area (Å²) in [5.41, 5.74) is -0.395. The summed E-state index contributed by atoms with van der Waals surface area (Å²) in [5.74, 6) is -3.73. The second-order valence-electron chi connectivity index (χ2n) is 9.62. The molecular formula is C25H30F6NO3PS. The lowest BCUT2D eigenvalue weighted by Gasteiger charge is -2.31. The van der Waals surface area contributed by atoms with Crippen molar-refractivity contribution in [3.05, 3.63) is 47.8 Å². The highest BCUT2D eigenvalue weighted by Gasteiger charge is 2.39. The Hall–Kier alpha value is -1.68. The monoisotopic (exact) mass is 569 g/mol. The maximum absolute atomic E-state index is 14.2. The van der Waals surface area contributed by atoms with E-state index >= 15 is 0 Å². The van der Waals surface area contributed by atoms with Crippen LogP contribution < -0.4 is 9.64 Å². The maximum atomic E-state index is 14.2. The summed E-state index contributed by atoms with van der Waals surface area (Å²) in [6, 6.07) is 7.49. The fourth-order valence-electron chi connectivity index (χ4n) is 3.87. The summed E-state index contributed by atoms with van der Waals surface area (Å²) in [5, 5.41) is -1.13. The number of fused-ring (bicyclic) bond motifs is 1. The number of hydrogen-bond donors (Lipinski definition) is 2. The molecule has 2 aromatic rings. The van der Waals surface area contributed by atoms with Crippen molar-refractivity contribution in [2.24, 2.45) is 5.92 Å². The first kappa shape index (κ1) is 29.9. The summed E-state index contributed by atoms with van der Waals surface area (Å²) in [6.07, 6.45) is -4.72. The highest BCUT2D eigenvalue weighted by molar-refractivity contribution is 7.99. The SMILES string of the molecule is CC[C@](C)(COc1cc2c(cc1C(F)(F)F)N(c1ccc(F)cc1)C[C@@H](CCC(C)(F)F)CS2)P(O)O. The molecule has 1 aliphatic rings. The molecule has 206 valence electrons. The average Bonchev–Trinajstić information content (AvgIpc) is 2.99. The molecule has 0 fully saturated rings. The van der Waals surface area contributed by atoms with Crippen molar-refractivity contribution in [3.8, 4) is 5.75 Å². The molecule has 12 heteroatoms. The van der Waals surface area contributed by atoms with Gasteiger partial charge in [-0.25, -0.2) is 13.2 Å². The number of alkyl halides is 5. The minimum Gasteiger partial charge on any atom is -0.492 e. The van der Waals surface area contributed by atoms with Gasteiger partial charge in [0.15, 0.2) is 8.38 Å². The molecule has 2 atom stereocenters. The maximum Gasteiger partial charge on any atom is 0.420 e. The molecule has 1 aliphatic heterocycles. The van der Waals surface area contributed by atoms with E-state index in [0.29, 0.717) is 16.3 Å². The highest BCUT2D eigenvalue weighted by atomic mass is 32.2. The summed E-state index contributed by atoms with van der Waals surface area (Å²) in [6.45, 7) is 3.87. The van der Waals surface area contributed by atoms with Crippen LogP contribution in [0, 0.1) is 11.7 Å². The molecular weight excluding hydrogens is 539 g/mol. The third-order valence-corrected chi connectivity index (χ3v) is 9.17. The molecule has 0 aromatic heterocycles. The molecule has 0 unspecified atom stereocenters. The van der Waals surface area contributed by atoms with Crippen LogP contribution in [-0.2, 0) is 6.18 Å². The quantitative estimate of drug-likeness (QED) is 0.237. The van der Waals surface area contributed by atoms with Gasteiger partial charge in [-0.15, -0.1) is 11.8 Å². The van der Waals surface area contributed by atoms with Gasteiger partial charge in [-0.2, -0.15) is 13.2 Å². The van der Waals surface area contributed by atoms with E-state index in [2.05, 4.69) is 0 Å². The summed E-state index contributed by atoms with van der Waals surface area (Å²) < 4.78 is 88.8. The van der Waals surface area contributed by atoms with Crippen LogP contribution in [-0.4, -0.2) is 39.8 Å². The second-order valence-corrected chi connectivity index (χ2v) is 12.3. The van der Waals surface area contributed by atoms with Gasteiger partial charge >= 0.3 is 6.18 Å². The molecule has 0 spiro atoms. The molecule has 0 amide bonds. The zero-order valence-corrected chi connectivity index (χ0v) is 22.4. The van der Waals surface area contributed by atoms with Gasteiger partial charge in [-0.05, 0) is 69.0 Å². The van der Waals surface area contributed by atoms with E-state index < -0.39 is 42.8 Å². The Kier molecular flexibility index (Phi) is 9.36. The first-order valence-electron chi connectivity index (χ1n) is 11.7. The van der Waals surface area contributed by atoms with E-state index in [4.69, 9.17) is 4.74 Å². The first-order valence-corrected chi connectivity index (χ1v) is 14.0. The van der Waals surface area contributed by atoms with Crippen LogP contribution in [0.1, 0.15) is 45.6 Å². The number of benzene rings is 2. The van der Waals surface area contributed by atoms with Crippen LogP contribution in [0.25, 0.3) is 0 Å². The predicted molar refractivity (Wildman–Crippen MR) is 134 cm³/mol. The van der Waals surface area contributed by atoms with Crippen LogP contribution >= 0.6 is 20.1 Å². The Morgan fingerprint density at radius 1 is 1.08 bits per heavy atom. The number of anilines is 2. The fourth-order valence-corrected chi connectivity index (χ4v) is 5.52. The molecule has 37 heavy (non-hydrogen) atoms. The van der Waals surface area contributed by atoms with Crippen molar-refractivity contribution >= 4 is 31.5 Å². The van der Waals surface area contributed by atoms with Crippen LogP contribution in [0.4, 0.5) is 37.7 Å². The van der Waals surface area contributed by atoms with E-state index in [1.165, 1.54) is 49.0 Å². The average molecular weight is 570 g/mol. The van der Waals surface area contributed by atoms with Gasteiger partial charge in [0.25, 0.3) is 0 Å². The number of ether oxygens (including phenoxy) is 1. The van der Waals surface area contributed by atoms with Crippen molar-refractivity contribution in [1.29, 1.82) is 0 Å². The lowest BCUT2D eigenvalue weighted by molar-refractivity contribution is -0.139. The topological polar surface area (TPSA) is 52.9 Å². The lowest BCUT2D eigenvalue weighted by Crippen LogP contribution is -2.30.